The van der Waals surface area contributed by atoms with Crippen LogP contribution < -0.4 is 5.32 Å². The molecule has 2 N–H and O–H groups in total. The standard InChI is InChI=1S/C20H23N3O3S2/c24-19(8-4-7-16-10-21-13-27-16)18(9-15-5-2-1-3-6-15)23-20(25)26-12-17-11-22-14-28-17/h1-3,5-6,10-11,13-14,18-19,24H,4,7-9,12H2,(H,23,25). The van der Waals surface area contributed by atoms with E-state index in [1.807, 2.05) is 42.0 Å². The van der Waals surface area contributed by atoms with Crippen molar-refractivity contribution < 1.29 is 14.6 Å². The molecule has 0 fully saturated rings. The Kier molecular flexibility index (Phi) is 7.95. The molecule has 0 spiro atoms. The van der Waals surface area contributed by atoms with Crippen LogP contribution in [0.3, 0.4) is 0 Å². The zero-order chi connectivity index (χ0) is 19.6. The number of hydrogen-bond acceptors (Lipinski definition) is 7. The molecule has 2 atom stereocenters. The maximum Gasteiger partial charge on any atom is 0.407 e. The molecule has 3 rings (SSSR count). The van der Waals surface area contributed by atoms with Crippen molar-refractivity contribution in [1.82, 2.24) is 15.3 Å². The van der Waals surface area contributed by atoms with Gasteiger partial charge in [0.1, 0.15) is 6.61 Å². The minimum Gasteiger partial charge on any atom is -0.444 e. The molecule has 1 aromatic carbocycles. The number of ether oxygens (including phenoxy) is 1. The van der Waals surface area contributed by atoms with Crippen molar-refractivity contribution in [2.24, 2.45) is 0 Å². The van der Waals surface area contributed by atoms with Gasteiger partial charge >= 0.3 is 6.09 Å². The van der Waals surface area contributed by atoms with E-state index in [-0.39, 0.29) is 6.61 Å². The van der Waals surface area contributed by atoms with Gasteiger partial charge in [-0.25, -0.2) is 4.79 Å². The molecule has 2 heterocycles. The van der Waals surface area contributed by atoms with E-state index in [0.29, 0.717) is 12.8 Å². The highest BCUT2D eigenvalue weighted by atomic mass is 32.1. The van der Waals surface area contributed by atoms with Gasteiger partial charge in [0.05, 0.1) is 28.0 Å². The van der Waals surface area contributed by atoms with Gasteiger partial charge in [-0.2, -0.15) is 0 Å². The van der Waals surface area contributed by atoms with Crippen LogP contribution in [0.25, 0.3) is 0 Å². The summed E-state index contributed by atoms with van der Waals surface area (Å²) in [6.07, 6.45) is 5.16. The summed E-state index contributed by atoms with van der Waals surface area (Å²) in [7, 11) is 0. The average molecular weight is 418 g/mol. The molecule has 28 heavy (non-hydrogen) atoms. The molecule has 0 radical (unpaired) electrons. The van der Waals surface area contributed by atoms with Crippen LogP contribution in [0.5, 0.6) is 0 Å². The van der Waals surface area contributed by atoms with Gasteiger partial charge in [0.25, 0.3) is 0 Å². The molecule has 148 valence electrons. The van der Waals surface area contributed by atoms with Crippen LogP contribution in [0.15, 0.2) is 53.7 Å². The van der Waals surface area contributed by atoms with E-state index in [1.165, 1.54) is 16.2 Å². The van der Waals surface area contributed by atoms with Gasteiger partial charge in [0, 0.05) is 17.3 Å². The smallest absolute Gasteiger partial charge is 0.407 e. The summed E-state index contributed by atoms with van der Waals surface area (Å²) in [5.41, 5.74) is 4.56. The Morgan fingerprint density at radius 2 is 1.82 bits per heavy atom. The number of nitrogens with one attached hydrogen (secondary N) is 1. The van der Waals surface area contributed by atoms with Gasteiger partial charge in [-0.05, 0) is 31.2 Å². The lowest BCUT2D eigenvalue weighted by Crippen LogP contribution is -2.45. The fourth-order valence-electron chi connectivity index (χ4n) is 2.85. The van der Waals surface area contributed by atoms with Gasteiger partial charge in [-0.3, -0.25) is 9.97 Å². The molecule has 8 heteroatoms. The predicted octanol–water partition coefficient (Wildman–Crippen LogP) is 3.82. The second-order valence-corrected chi connectivity index (χ2v) is 8.35. The quantitative estimate of drug-likeness (QED) is 0.524. The van der Waals surface area contributed by atoms with Crippen LogP contribution in [0.1, 0.15) is 28.2 Å². The van der Waals surface area contributed by atoms with Crippen molar-refractivity contribution in [3.05, 3.63) is 69.1 Å². The Morgan fingerprint density at radius 1 is 1.11 bits per heavy atom. The van der Waals surface area contributed by atoms with E-state index in [4.69, 9.17) is 4.74 Å². The van der Waals surface area contributed by atoms with Crippen LogP contribution in [0.2, 0.25) is 0 Å². The van der Waals surface area contributed by atoms with Crippen LogP contribution in [0, 0.1) is 0 Å². The highest BCUT2D eigenvalue weighted by Crippen LogP contribution is 2.15. The minimum absolute atomic E-state index is 0.177. The van der Waals surface area contributed by atoms with Crippen molar-refractivity contribution in [1.29, 1.82) is 0 Å². The number of thiazole rings is 2. The first-order valence-electron chi connectivity index (χ1n) is 9.10. The normalized spacial score (nSPS) is 13.0. The number of hydrogen-bond donors (Lipinski definition) is 2. The molecule has 0 aliphatic rings. The number of aliphatic hydroxyl groups excluding tert-OH is 1. The first kappa shape index (κ1) is 20.4. The second kappa shape index (κ2) is 10.9. The zero-order valence-corrected chi connectivity index (χ0v) is 17.0. The summed E-state index contributed by atoms with van der Waals surface area (Å²) >= 11 is 3.05. The number of benzene rings is 1. The molecule has 3 aromatic rings. The number of rotatable bonds is 10. The van der Waals surface area contributed by atoms with Gasteiger partial charge < -0.3 is 15.2 Å². The van der Waals surface area contributed by atoms with Gasteiger partial charge in [0.2, 0.25) is 0 Å². The Labute approximate surface area is 172 Å². The average Bonchev–Trinajstić information content (AvgIpc) is 3.41. The van der Waals surface area contributed by atoms with E-state index in [1.54, 1.807) is 23.0 Å². The lowest BCUT2D eigenvalue weighted by atomic mass is 9.97. The SMILES string of the molecule is O=C(NC(Cc1ccccc1)C(O)CCCc1cncs1)OCc1cncs1. The van der Waals surface area contributed by atoms with Crippen molar-refractivity contribution in [2.45, 2.75) is 44.4 Å². The third-order valence-corrected chi connectivity index (χ3v) is 5.89. The van der Waals surface area contributed by atoms with Gasteiger partial charge in [-0.15, -0.1) is 22.7 Å². The van der Waals surface area contributed by atoms with E-state index in [2.05, 4.69) is 15.3 Å². The van der Waals surface area contributed by atoms with Gasteiger partial charge in [-0.1, -0.05) is 30.3 Å². The predicted molar refractivity (Wildman–Crippen MR) is 110 cm³/mol. The monoisotopic (exact) mass is 417 g/mol. The van der Waals surface area contributed by atoms with E-state index < -0.39 is 18.2 Å². The largest absolute Gasteiger partial charge is 0.444 e. The van der Waals surface area contributed by atoms with Crippen molar-refractivity contribution in [3.63, 3.8) is 0 Å². The Morgan fingerprint density at radius 3 is 2.50 bits per heavy atom. The number of amides is 1. The van der Waals surface area contributed by atoms with Gasteiger partial charge in [0.15, 0.2) is 0 Å². The molecule has 6 nitrogen and oxygen atoms in total. The summed E-state index contributed by atoms with van der Waals surface area (Å²) in [4.78, 5) is 22.3. The number of aryl methyl sites for hydroxylation is 1. The van der Waals surface area contributed by atoms with Crippen molar-refractivity contribution in [2.75, 3.05) is 0 Å². The number of aromatic nitrogens is 2. The maximum absolute atomic E-state index is 12.2. The van der Waals surface area contributed by atoms with Crippen LogP contribution in [0.4, 0.5) is 4.79 Å². The minimum atomic E-state index is -0.663. The fourth-order valence-corrected chi connectivity index (χ4v) is 3.99. The molecule has 0 aliphatic heterocycles. The molecule has 0 aliphatic carbocycles. The fraction of sp³-hybridized carbons (Fsp3) is 0.350. The lowest BCUT2D eigenvalue weighted by molar-refractivity contribution is 0.0956. The van der Waals surface area contributed by atoms with Crippen LogP contribution in [-0.4, -0.2) is 33.3 Å². The second-order valence-electron chi connectivity index (χ2n) is 6.41. The molecule has 0 bridgehead atoms. The first-order valence-corrected chi connectivity index (χ1v) is 10.9. The number of carbonyl (C=O) groups excluding carboxylic acids is 1. The summed E-state index contributed by atoms with van der Waals surface area (Å²) in [6, 6.07) is 9.40. The third kappa shape index (κ3) is 6.70. The molecule has 0 saturated carbocycles. The first-order chi connectivity index (χ1) is 13.7. The summed E-state index contributed by atoms with van der Waals surface area (Å²) in [5, 5.41) is 13.5. The molecular weight excluding hydrogens is 394 g/mol. The van der Waals surface area contributed by atoms with Crippen LogP contribution in [-0.2, 0) is 24.2 Å². The maximum atomic E-state index is 12.2. The topological polar surface area (TPSA) is 84.3 Å². The number of carbonyl (C=O) groups is 1. The van der Waals surface area contributed by atoms with E-state index in [0.717, 1.165) is 23.3 Å². The summed E-state index contributed by atoms with van der Waals surface area (Å²) < 4.78 is 5.27. The third-order valence-electron chi connectivity index (χ3n) is 4.30. The summed E-state index contributed by atoms with van der Waals surface area (Å²) in [6.45, 7) is 0.177. The number of alkyl carbamates (subject to hydrolysis) is 1. The van der Waals surface area contributed by atoms with Crippen molar-refractivity contribution >= 4 is 28.8 Å². The molecular formula is C20H23N3O3S2. The van der Waals surface area contributed by atoms with Crippen LogP contribution >= 0.6 is 22.7 Å². The number of aliphatic hydroxyl groups is 1. The lowest BCUT2D eigenvalue weighted by Gasteiger charge is -2.24. The molecule has 2 unspecified atom stereocenters. The molecule has 1 amide bonds. The highest BCUT2D eigenvalue weighted by Gasteiger charge is 2.22. The summed E-state index contributed by atoms with van der Waals surface area (Å²) in [5.74, 6) is 0. The van der Waals surface area contributed by atoms with E-state index in [9.17, 15) is 9.90 Å². The number of nitrogens with zero attached hydrogens (tertiary/aromatic N) is 2. The Hall–Kier alpha value is -2.29. The molecule has 2 aromatic heterocycles. The Balaban J connectivity index is 1.54. The van der Waals surface area contributed by atoms with Crippen molar-refractivity contribution in [3.8, 4) is 0 Å². The zero-order valence-electron chi connectivity index (χ0n) is 15.4. The Bertz CT molecular complexity index is 811. The highest BCUT2D eigenvalue weighted by molar-refractivity contribution is 7.09. The van der Waals surface area contributed by atoms with E-state index >= 15 is 0 Å². The molecule has 0 saturated heterocycles.